The number of benzene rings is 1. The molecule has 0 aliphatic carbocycles. The number of nitrogens with zero attached hydrogens (tertiary/aromatic N) is 2. The molecule has 0 spiro atoms. The Kier molecular flexibility index (Phi) is 4.90. The molecule has 0 bridgehead atoms. The summed E-state index contributed by atoms with van der Waals surface area (Å²) < 4.78 is 14.1. The topological polar surface area (TPSA) is 45.2 Å². The van der Waals surface area contributed by atoms with Crippen LogP contribution in [0.1, 0.15) is 17.3 Å². The van der Waals surface area contributed by atoms with Crippen molar-refractivity contribution >= 4 is 33.3 Å². The Balaban J connectivity index is 2.43. The molecule has 1 amide bonds. The van der Waals surface area contributed by atoms with E-state index in [0.717, 1.165) is 0 Å². The molecule has 21 heavy (non-hydrogen) atoms. The maximum Gasteiger partial charge on any atom is 0.262 e. The highest BCUT2D eigenvalue weighted by Gasteiger charge is 2.20. The minimum absolute atomic E-state index is 0.235. The first kappa shape index (κ1) is 15.4. The lowest BCUT2D eigenvalue weighted by Crippen LogP contribution is -2.31. The molecule has 6 heteroatoms. The number of hydrogen-bond acceptors (Lipinski definition) is 3. The van der Waals surface area contributed by atoms with Crippen molar-refractivity contribution in [1.29, 1.82) is 0 Å². The molecule has 0 aliphatic rings. The van der Waals surface area contributed by atoms with Gasteiger partial charge in [0.1, 0.15) is 11.6 Å². The average molecular weight is 352 g/mol. The number of carbonyl (C=O) groups is 1. The number of nitrogens with one attached hydrogen (secondary N) is 1. The van der Waals surface area contributed by atoms with E-state index >= 15 is 0 Å². The lowest BCUT2D eigenvalue weighted by Gasteiger charge is -2.22. The van der Waals surface area contributed by atoms with Crippen molar-refractivity contribution in [3.63, 3.8) is 0 Å². The first-order valence-electron chi connectivity index (χ1n) is 6.47. The second-order valence-corrected chi connectivity index (χ2v) is 5.24. The van der Waals surface area contributed by atoms with Crippen molar-refractivity contribution in [3.8, 4) is 0 Å². The highest BCUT2D eigenvalue weighted by molar-refractivity contribution is 9.10. The van der Waals surface area contributed by atoms with Crippen LogP contribution in [0.4, 0.5) is 15.9 Å². The normalized spacial score (nSPS) is 10.3. The minimum Gasteiger partial charge on any atom is -0.372 e. The number of pyridine rings is 1. The van der Waals surface area contributed by atoms with Crippen molar-refractivity contribution in [2.24, 2.45) is 0 Å². The van der Waals surface area contributed by atoms with E-state index < -0.39 is 0 Å². The number of aromatic nitrogens is 1. The summed E-state index contributed by atoms with van der Waals surface area (Å²) in [6.45, 7) is 2.27. The molecule has 4 nitrogen and oxygen atoms in total. The van der Waals surface area contributed by atoms with Crippen LogP contribution >= 0.6 is 15.9 Å². The molecule has 2 rings (SSSR count). The Morgan fingerprint density at radius 1 is 1.43 bits per heavy atom. The summed E-state index contributed by atoms with van der Waals surface area (Å²) in [6.07, 6.45) is 1.61. The van der Waals surface area contributed by atoms with Crippen molar-refractivity contribution in [2.45, 2.75) is 6.92 Å². The zero-order valence-electron chi connectivity index (χ0n) is 11.7. The number of carbonyl (C=O) groups excluding carboxylic acids is 1. The third-order valence-corrected chi connectivity index (χ3v) is 3.44. The van der Waals surface area contributed by atoms with E-state index in [1.165, 1.54) is 17.0 Å². The fourth-order valence-corrected chi connectivity index (χ4v) is 2.37. The Bertz CT molecular complexity index is 663. The van der Waals surface area contributed by atoms with Crippen molar-refractivity contribution in [2.75, 3.05) is 23.8 Å². The van der Waals surface area contributed by atoms with Crippen molar-refractivity contribution in [1.82, 2.24) is 4.98 Å². The average Bonchev–Trinajstić information content (AvgIpc) is 2.48. The monoisotopic (exact) mass is 351 g/mol. The first-order valence-corrected chi connectivity index (χ1v) is 7.26. The van der Waals surface area contributed by atoms with Gasteiger partial charge in [-0.2, -0.15) is 0 Å². The maximum atomic E-state index is 13.4. The SMILES string of the molecule is CCN(C(=O)c1cc(Br)cnc1NC)c1cccc(F)c1. The highest BCUT2D eigenvalue weighted by atomic mass is 79.9. The van der Waals surface area contributed by atoms with E-state index in [2.05, 4.69) is 26.2 Å². The standard InChI is InChI=1S/C15H15BrFN3O/c1-3-20(12-6-4-5-11(17)8-12)15(21)13-7-10(16)9-19-14(13)18-2/h4-9H,3H2,1-2H3,(H,18,19). The Morgan fingerprint density at radius 3 is 2.81 bits per heavy atom. The predicted molar refractivity (Wildman–Crippen MR) is 85.2 cm³/mol. The molecule has 1 heterocycles. The summed E-state index contributed by atoms with van der Waals surface area (Å²) in [5.74, 6) is -0.126. The van der Waals surface area contributed by atoms with Gasteiger partial charge in [-0.05, 0) is 47.1 Å². The Labute approximate surface area is 131 Å². The van der Waals surface area contributed by atoms with Gasteiger partial charge in [-0.15, -0.1) is 0 Å². The van der Waals surface area contributed by atoms with Gasteiger partial charge in [0, 0.05) is 29.9 Å². The van der Waals surface area contributed by atoms with Crippen LogP contribution in [-0.2, 0) is 0 Å². The van der Waals surface area contributed by atoms with E-state index in [9.17, 15) is 9.18 Å². The van der Waals surface area contributed by atoms with Gasteiger partial charge in [0.05, 0.1) is 5.56 Å². The zero-order valence-corrected chi connectivity index (χ0v) is 13.3. The molecule has 0 radical (unpaired) electrons. The highest BCUT2D eigenvalue weighted by Crippen LogP contribution is 2.23. The van der Waals surface area contributed by atoms with Crippen LogP contribution in [0.15, 0.2) is 41.0 Å². The Morgan fingerprint density at radius 2 is 2.19 bits per heavy atom. The quantitative estimate of drug-likeness (QED) is 0.913. The molecule has 0 saturated heterocycles. The summed E-state index contributed by atoms with van der Waals surface area (Å²) >= 11 is 3.31. The van der Waals surface area contributed by atoms with Crippen LogP contribution in [0.3, 0.4) is 0 Å². The lowest BCUT2D eigenvalue weighted by molar-refractivity contribution is 0.0988. The molecular formula is C15H15BrFN3O. The minimum atomic E-state index is -0.375. The fraction of sp³-hybridized carbons (Fsp3) is 0.200. The Hall–Kier alpha value is -1.95. The molecule has 0 fully saturated rings. The van der Waals surface area contributed by atoms with Gasteiger partial charge >= 0.3 is 0 Å². The summed E-state index contributed by atoms with van der Waals surface area (Å²) in [5, 5.41) is 2.89. The van der Waals surface area contributed by atoms with E-state index in [1.54, 1.807) is 31.4 Å². The van der Waals surface area contributed by atoms with Gasteiger partial charge in [0.15, 0.2) is 0 Å². The van der Waals surface area contributed by atoms with E-state index in [4.69, 9.17) is 0 Å². The molecule has 1 aromatic heterocycles. The van der Waals surface area contributed by atoms with Crippen LogP contribution in [0.25, 0.3) is 0 Å². The maximum absolute atomic E-state index is 13.4. The van der Waals surface area contributed by atoms with Gasteiger partial charge < -0.3 is 10.2 Å². The molecule has 1 aromatic carbocycles. The molecule has 110 valence electrons. The largest absolute Gasteiger partial charge is 0.372 e. The number of hydrogen-bond donors (Lipinski definition) is 1. The summed E-state index contributed by atoms with van der Waals surface area (Å²) in [4.78, 5) is 18.4. The van der Waals surface area contributed by atoms with Gasteiger partial charge in [0.2, 0.25) is 0 Å². The number of anilines is 2. The van der Waals surface area contributed by atoms with E-state index in [0.29, 0.717) is 28.1 Å². The zero-order chi connectivity index (χ0) is 15.4. The molecular weight excluding hydrogens is 337 g/mol. The fourth-order valence-electron chi connectivity index (χ4n) is 2.03. The molecule has 0 unspecified atom stereocenters. The molecule has 0 saturated carbocycles. The third-order valence-electron chi connectivity index (χ3n) is 3.00. The van der Waals surface area contributed by atoms with Gasteiger partial charge in [0.25, 0.3) is 5.91 Å². The van der Waals surface area contributed by atoms with Crippen molar-refractivity contribution in [3.05, 3.63) is 52.4 Å². The van der Waals surface area contributed by atoms with Gasteiger partial charge in [-0.1, -0.05) is 6.07 Å². The van der Waals surface area contributed by atoms with Crippen LogP contribution in [0.2, 0.25) is 0 Å². The number of rotatable bonds is 4. The summed E-state index contributed by atoms with van der Waals surface area (Å²) in [7, 11) is 1.70. The number of halogens is 2. The van der Waals surface area contributed by atoms with Gasteiger partial charge in [-0.25, -0.2) is 9.37 Å². The first-order chi connectivity index (χ1) is 10.1. The summed E-state index contributed by atoms with van der Waals surface area (Å²) in [5.41, 5.74) is 0.947. The molecule has 0 aliphatic heterocycles. The second-order valence-electron chi connectivity index (χ2n) is 4.33. The van der Waals surface area contributed by atoms with Crippen LogP contribution in [-0.4, -0.2) is 24.5 Å². The lowest BCUT2D eigenvalue weighted by atomic mass is 10.2. The predicted octanol–water partition coefficient (Wildman–Crippen LogP) is 3.69. The number of amides is 1. The van der Waals surface area contributed by atoms with Crippen LogP contribution in [0.5, 0.6) is 0 Å². The van der Waals surface area contributed by atoms with Gasteiger partial charge in [-0.3, -0.25) is 4.79 Å². The van der Waals surface area contributed by atoms with E-state index in [1.807, 2.05) is 6.92 Å². The molecule has 2 aromatic rings. The summed E-state index contributed by atoms with van der Waals surface area (Å²) in [6, 6.07) is 7.67. The molecule has 1 N–H and O–H groups in total. The van der Waals surface area contributed by atoms with E-state index in [-0.39, 0.29) is 11.7 Å². The second kappa shape index (κ2) is 6.67. The molecule has 0 atom stereocenters. The van der Waals surface area contributed by atoms with Crippen LogP contribution in [0, 0.1) is 5.82 Å². The van der Waals surface area contributed by atoms with Crippen molar-refractivity contribution < 1.29 is 9.18 Å². The van der Waals surface area contributed by atoms with Crippen LogP contribution < -0.4 is 10.2 Å². The third kappa shape index (κ3) is 3.39. The smallest absolute Gasteiger partial charge is 0.262 e.